The van der Waals surface area contributed by atoms with Crippen molar-refractivity contribution < 1.29 is 9.18 Å². The monoisotopic (exact) mass is 419 g/mol. The second-order valence-corrected chi connectivity index (χ2v) is 7.93. The van der Waals surface area contributed by atoms with Crippen LogP contribution in [-0.2, 0) is 11.3 Å². The van der Waals surface area contributed by atoms with Crippen LogP contribution in [0.15, 0.2) is 42.6 Å². The van der Waals surface area contributed by atoms with E-state index in [1.54, 1.807) is 17.0 Å². The quantitative estimate of drug-likeness (QED) is 0.530. The van der Waals surface area contributed by atoms with Crippen LogP contribution in [0.25, 0.3) is 0 Å². The average Bonchev–Trinajstić information content (AvgIpc) is 3.52. The van der Waals surface area contributed by atoms with Gasteiger partial charge in [0.15, 0.2) is 0 Å². The van der Waals surface area contributed by atoms with Gasteiger partial charge >= 0.3 is 0 Å². The van der Waals surface area contributed by atoms with E-state index >= 15 is 0 Å². The zero-order valence-corrected chi connectivity index (χ0v) is 18.3. The number of nitrogens with zero attached hydrogens (tertiary/aromatic N) is 3. The van der Waals surface area contributed by atoms with Gasteiger partial charge in [0.2, 0.25) is 5.91 Å². The molecule has 0 N–H and O–H groups in total. The molecule has 1 heterocycles. The van der Waals surface area contributed by atoms with Gasteiger partial charge in [0.25, 0.3) is 0 Å². The van der Waals surface area contributed by atoms with Gasteiger partial charge in [-0.15, -0.1) is 12.4 Å². The molecule has 1 aliphatic carbocycles. The molecule has 1 amide bonds. The first-order chi connectivity index (χ1) is 13.5. The highest BCUT2D eigenvalue weighted by Gasteiger charge is 2.28. The Labute approximate surface area is 179 Å². The Balaban J connectivity index is 0.00000300. The number of benzene rings is 1. The zero-order chi connectivity index (χ0) is 20.1. The van der Waals surface area contributed by atoms with Crippen LogP contribution in [0.3, 0.4) is 0 Å². The van der Waals surface area contributed by atoms with Crippen LogP contribution in [0, 0.1) is 11.7 Å². The molecule has 0 bridgehead atoms. The smallest absolute Gasteiger partial charge is 0.227 e. The van der Waals surface area contributed by atoms with E-state index in [2.05, 4.69) is 30.7 Å². The first-order valence-electron chi connectivity index (χ1n) is 10.3. The number of halogens is 2. The van der Waals surface area contributed by atoms with Gasteiger partial charge < -0.3 is 9.80 Å². The molecule has 1 saturated carbocycles. The maximum atomic E-state index is 13.3. The van der Waals surface area contributed by atoms with E-state index in [-0.39, 0.29) is 24.1 Å². The lowest BCUT2D eigenvalue weighted by Crippen LogP contribution is -2.30. The van der Waals surface area contributed by atoms with E-state index in [0.717, 1.165) is 24.3 Å². The summed E-state index contributed by atoms with van der Waals surface area (Å²) in [5.74, 6) is 1.21. The standard InChI is InChI=1S/C23H30FN3O.ClH/c1-4-26(20-11-12-20)22-13-6-18(15-25-22)16-27(23(28)14-5-17(2)3)21-9-7-19(24)8-10-21;/h6-10,13,15,17,20H,4-5,11-12,14,16H2,1-3H3;1H. The fourth-order valence-corrected chi connectivity index (χ4v) is 3.35. The molecule has 6 heteroatoms. The molecule has 1 aliphatic rings. The largest absolute Gasteiger partial charge is 0.354 e. The van der Waals surface area contributed by atoms with Crippen molar-refractivity contribution in [2.45, 2.75) is 59.0 Å². The number of pyridine rings is 1. The summed E-state index contributed by atoms with van der Waals surface area (Å²) in [7, 11) is 0. The Morgan fingerprint density at radius 1 is 1.17 bits per heavy atom. The third-order valence-corrected chi connectivity index (χ3v) is 5.15. The Kier molecular flexibility index (Phi) is 8.45. The molecule has 0 atom stereocenters. The van der Waals surface area contributed by atoms with Gasteiger partial charge in [0.05, 0.1) is 6.54 Å². The minimum atomic E-state index is -0.302. The molecule has 1 aromatic carbocycles. The molecule has 1 fully saturated rings. The van der Waals surface area contributed by atoms with Crippen LogP contribution in [0.1, 0.15) is 52.0 Å². The van der Waals surface area contributed by atoms with Gasteiger partial charge in [-0.2, -0.15) is 0 Å². The molecule has 3 rings (SSSR count). The zero-order valence-electron chi connectivity index (χ0n) is 17.5. The molecule has 4 nitrogen and oxygen atoms in total. The predicted octanol–water partition coefficient (Wildman–Crippen LogP) is 5.60. The number of hydrogen-bond acceptors (Lipinski definition) is 3. The normalized spacial score (nSPS) is 13.1. The number of carbonyl (C=O) groups excluding carboxylic acids is 1. The highest BCUT2D eigenvalue weighted by Crippen LogP contribution is 2.30. The molecule has 158 valence electrons. The maximum absolute atomic E-state index is 13.3. The van der Waals surface area contributed by atoms with E-state index in [9.17, 15) is 9.18 Å². The lowest BCUT2D eigenvalue weighted by molar-refractivity contribution is -0.119. The Morgan fingerprint density at radius 2 is 1.86 bits per heavy atom. The van der Waals surface area contributed by atoms with E-state index in [0.29, 0.717) is 30.6 Å². The van der Waals surface area contributed by atoms with E-state index in [1.807, 2.05) is 18.3 Å². The molecule has 29 heavy (non-hydrogen) atoms. The van der Waals surface area contributed by atoms with Gasteiger partial charge in [-0.1, -0.05) is 19.9 Å². The van der Waals surface area contributed by atoms with E-state index < -0.39 is 0 Å². The van der Waals surface area contributed by atoms with Crippen molar-refractivity contribution in [3.63, 3.8) is 0 Å². The summed E-state index contributed by atoms with van der Waals surface area (Å²) < 4.78 is 13.3. The van der Waals surface area contributed by atoms with Crippen molar-refractivity contribution in [2.24, 2.45) is 5.92 Å². The maximum Gasteiger partial charge on any atom is 0.227 e. The lowest BCUT2D eigenvalue weighted by Gasteiger charge is -2.25. The SMILES string of the molecule is CCN(c1ccc(CN(C(=O)CCC(C)C)c2ccc(F)cc2)cn1)C1CC1.Cl. The van der Waals surface area contributed by atoms with Crippen molar-refractivity contribution >= 4 is 29.8 Å². The van der Waals surface area contributed by atoms with Crippen molar-refractivity contribution in [2.75, 3.05) is 16.3 Å². The van der Waals surface area contributed by atoms with Crippen molar-refractivity contribution in [3.8, 4) is 0 Å². The number of anilines is 2. The van der Waals surface area contributed by atoms with Crippen LogP contribution >= 0.6 is 12.4 Å². The Morgan fingerprint density at radius 3 is 2.38 bits per heavy atom. The fraction of sp³-hybridized carbons (Fsp3) is 0.478. The van der Waals surface area contributed by atoms with Gasteiger partial charge in [-0.25, -0.2) is 9.37 Å². The molecule has 2 aromatic rings. The van der Waals surface area contributed by atoms with Crippen LogP contribution in [0.4, 0.5) is 15.9 Å². The number of aromatic nitrogens is 1. The highest BCUT2D eigenvalue weighted by molar-refractivity contribution is 5.93. The van der Waals surface area contributed by atoms with Gasteiger partial charge in [0.1, 0.15) is 11.6 Å². The summed E-state index contributed by atoms with van der Waals surface area (Å²) in [5, 5.41) is 0. The summed E-state index contributed by atoms with van der Waals surface area (Å²) >= 11 is 0. The average molecular weight is 420 g/mol. The van der Waals surface area contributed by atoms with Gasteiger partial charge in [-0.3, -0.25) is 4.79 Å². The van der Waals surface area contributed by atoms with Crippen LogP contribution in [0.5, 0.6) is 0 Å². The third-order valence-electron chi connectivity index (χ3n) is 5.15. The topological polar surface area (TPSA) is 36.4 Å². The Hall–Kier alpha value is -2.14. The molecule has 0 aliphatic heterocycles. The molecule has 0 unspecified atom stereocenters. The molecule has 0 radical (unpaired) electrons. The first-order valence-corrected chi connectivity index (χ1v) is 10.3. The molecule has 0 saturated heterocycles. The second-order valence-electron chi connectivity index (χ2n) is 7.93. The van der Waals surface area contributed by atoms with Crippen LogP contribution < -0.4 is 9.80 Å². The van der Waals surface area contributed by atoms with Crippen LogP contribution in [-0.4, -0.2) is 23.5 Å². The van der Waals surface area contributed by atoms with Crippen molar-refractivity contribution in [3.05, 3.63) is 54.0 Å². The molecular formula is C23H31ClFN3O. The van der Waals surface area contributed by atoms with Crippen LogP contribution in [0.2, 0.25) is 0 Å². The summed E-state index contributed by atoms with van der Waals surface area (Å²) in [6.07, 6.45) is 5.64. The van der Waals surface area contributed by atoms with E-state index in [1.165, 1.54) is 25.0 Å². The first kappa shape index (κ1) is 23.1. The molecule has 1 aromatic heterocycles. The lowest BCUT2D eigenvalue weighted by atomic mass is 10.1. The number of carbonyl (C=O) groups is 1. The summed E-state index contributed by atoms with van der Waals surface area (Å²) in [4.78, 5) is 21.6. The van der Waals surface area contributed by atoms with Gasteiger partial charge in [-0.05, 0) is 68.0 Å². The molecule has 0 spiro atoms. The highest BCUT2D eigenvalue weighted by atomic mass is 35.5. The van der Waals surface area contributed by atoms with Crippen molar-refractivity contribution in [1.29, 1.82) is 0 Å². The predicted molar refractivity (Wildman–Crippen MR) is 119 cm³/mol. The summed E-state index contributed by atoms with van der Waals surface area (Å²) in [6.45, 7) is 7.75. The van der Waals surface area contributed by atoms with Gasteiger partial charge in [0, 0.05) is 30.9 Å². The molecular weight excluding hydrogens is 389 g/mol. The minimum Gasteiger partial charge on any atom is -0.354 e. The number of hydrogen-bond donors (Lipinski definition) is 0. The number of amides is 1. The van der Waals surface area contributed by atoms with E-state index in [4.69, 9.17) is 0 Å². The fourth-order valence-electron chi connectivity index (χ4n) is 3.35. The third kappa shape index (κ3) is 6.43. The second kappa shape index (κ2) is 10.6. The summed E-state index contributed by atoms with van der Waals surface area (Å²) in [6, 6.07) is 10.8. The summed E-state index contributed by atoms with van der Waals surface area (Å²) in [5.41, 5.74) is 1.69. The number of rotatable bonds is 9. The van der Waals surface area contributed by atoms with Crippen molar-refractivity contribution in [1.82, 2.24) is 4.98 Å². The minimum absolute atomic E-state index is 0. The Bertz CT molecular complexity index is 776.